The summed E-state index contributed by atoms with van der Waals surface area (Å²) in [6.07, 6.45) is 1.98. The van der Waals surface area contributed by atoms with Crippen molar-refractivity contribution in [3.63, 3.8) is 0 Å². The molecule has 0 bridgehead atoms. The zero-order chi connectivity index (χ0) is 13.9. The SMILES string of the molecule is CC(NC(=O)NCC1(CO)CC1)c1ccccc1Br. The first kappa shape index (κ1) is 14.3. The molecule has 0 aromatic heterocycles. The smallest absolute Gasteiger partial charge is 0.315 e. The Bertz CT molecular complexity index is 461. The lowest BCUT2D eigenvalue weighted by atomic mass is 10.1. The molecule has 0 aliphatic heterocycles. The number of halogens is 1. The molecule has 0 radical (unpaired) electrons. The number of nitrogens with one attached hydrogen (secondary N) is 2. The molecular weight excluding hydrogens is 308 g/mol. The summed E-state index contributed by atoms with van der Waals surface area (Å²) < 4.78 is 0.983. The van der Waals surface area contributed by atoms with E-state index in [2.05, 4.69) is 26.6 Å². The molecule has 1 aliphatic rings. The van der Waals surface area contributed by atoms with Crippen molar-refractivity contribution >= 4 is 22.0 Å². The van der Waals surface area contributed by atoms with Crippen molar-refractivity contribution in [2.45, 2.75) is 25.8 Å². The number of benzene rings is 1. The summed E-state index contributed by atoms with van der Waals surface area (Å²) in [5, 5.41) is 14.9. The topological polar surface area (TPSA) is 61.4 Å². The maximum absolute atomic E-state index is 11.8. The second-order valence-electron chi connectivity index (χ2n) is 5.23. The van der Waals surface area contributed by atoms with Crippen molar-refractivity contribution < 1.29 is 9.90 Å². The molecule has 1 atom stereocenters. The number of carbonyl (C=O) groups excluding carboxylic acids is 1. The lowest BCUT2D eigenvalue weighted by Crippen LogP contribution is -2.40. The maximum Gasteiger partial charge on any atom is 0.315 e. The lowest BCUT2D eigenvalue weighted by Gasteiger charge is -2.18. The second-order valence-corrected chi connectivity index (χ2v) is 6.08. The Kier molecular flexibility index (Phi) is 4.47. The van der Waals surface area contributed by atoms with Crippen molar-refractivity contribution in [2.75, 3.05) is 13.2 Å². The van der Waals surface area contributed by atoms with Crippen LogP contribution in [0.15, 0.2) is 28.7 Å². The van der Waals surface area contributed by atoms with Crippen LogP contribution in [0.4, 0.5) is 4.79 Å². The second kappa shape index (κ2) is 5.92. The summed E-state index contributed by atoms with van der Waals surface area (Å²) in [6, 6.07) is 7.56. The molecule has 4 nitrogen and oxygen atoms in total. The van der Waals surface area contributed by atoms with Gasteiger partial charge in [0.2, 0.25) is 0 Å². The summed E-state index contributed by atoms with van der Waals surface area (Å²) in [4.78, 5) is 11.8. The number of carbonyl (C=O) groups is 1. The first-order valence-corrected chi connectivity index (χ1v) is 7.25. The van der Waals surface area contributed by atoms with Crippen LogP contribution in [0.1, 0.15) is 31.4 Å². The fraction of sp³-hybridized carbons (Fsp3) is 0.500. The van der Waals surface area contributed by atoms with Gasteiger partial charge in [-0.15, -0.1) is 0 Å². The molecule has 1 fully saturated rings. The Morgan fingerprint density at radius 2 is 2.16 bits per heavy atom. The van der Waals surface area contributed by atoms with Gasteiger partial charge in [-0.05, 0) is 31.4 Å². The Morgan fingerprint density at radius 3 is 2.74 bits per heavy atom. The summed E-state index contributed by atoms with van der Waals surface area (Å²) in [5.74, 6) is 0. The van der Waals surface area contributed by atoms with Crippen LogP contribution in [-0.2, 0) is 0 Å². The van der Waals surface area contributed by atoms with Crippen LogP contribution in [-0.4, -0.2) is 24.3 Å². The Hall–Kier alpha value is -1.07. The first-order chi connectivity index (χ1) is 9.06. The number of urea groups is 1. The molecule has 5 heteroatoms. The van der Waals surface area contributed by atoms with Crippen molar-refractivity contribution in [1.29, 1.82) is 0 Å². The van der Waals surface area contributed by atoms with Crippen LogP contribution < -0.4 is 10.6 Å². The van der Waals surface area contributed by atoms with Crippen molar-refractivity contribution in [1.82, 2.24) is 10.6 Å². The van der Waals surface area contributed by atoms with E-state index in [1.54, 1.807) is 0 Å². The van der Waals surface area contributed by atoms with Gasteiger partial charge in [0.15, 0.2) is 0 Å². The number of hydrogen-bond acceptors (Lipinski definition) is 2. The third-order valence-corrected chi connectivity index (χ3v) is 4.36. The van der Waals surface area contributed by atoms with Crippen molar-refractivity contribution in [2.24, 2.45) is 5.41 Å². The van der Waals surface area contributed by atoms with Gasteiger partial charge in [0.1, 0.15) is 0 Å². The van der Waals surface area contributed by atoms with Gasteiger partial charge in [0.25, 0.3) is 0 Å². The molecule has 104 valence electrons. The number of hydrogen-bond donors (Lipinski definition) is 3. The maximum atomic E-state index is 11.8. The summed E-state index contributed by atoms with van der Waals surface area (Å²) in [6.45, 7) is 2.63. The van der Waals surface area contributed by atoms with Gasteiger partial charge in [-0.1, -0.05) is 34.1 Å². The number of aliphatic hydroxyl groups excluding tert-OH is 1. The lowest BCUT2D eigenvalue weighted by molar-refractivity contribution is 0.202. The third-order valence-electron chi connectivity index (χ3n) is 3.64. The minimum Gasteiger partial charge on any atom is -0.396 e. The zero-order valence-corrected chi connectivity index (χ0v) is 12.5. The van der Waals surface area contributed by atoms with Gasteiger partial charge in [0.05, 0.1) is 12.6 Å². The Balaban J connectivity index is 1.83. The largest absolute Gasteiger partial charge is 0.396 e. The van der Waals surface area contributed by atoms with Gasteiger partial charge in [-0.3, -0.25) is 0 Å². The first-order valence-electron chi connectivity index (χ1n) is 6.46. The molecule has 1 aromatic carbocycles. The van der Waals surface area contributed by atoms with Crippen LogP contribution in [0.25, 0.3) is 0 Å². The van der Waals surface area contributed by atoms with Crippen LogP contribution in [0.5, 0.6) is 0 Å². The van der Waals surface area contributed by atoms with E-state index < -0.39 is 0 Å². The van der Waals surface area contributed by atoms with E-state index in [1.807, 2.05) is 31.2 Å². The average Bonchev–Trinajstić information content (AvgIpc) is 3.17. The highest BCUT2D eigenvalue weighted by Crippen LogP contribution is 2.44. The Morgan fingerprint density at radius 1 is 1.47 bits per heavy atom. The van der Waals surface area contributed by atoms with Gasteiger partial charge < -0.3 is 15.7 Å². The highest BCUT2D eigenvalue weighted by atomic mass is 79.9. The number of rotatable bonds is 5. The third kappa shape index (κ3) is 3.70. The molecule has 1 unspecified atom stereocenters. The fourth-order valence-corrected chi connectivity index (χ4v) is 2.62. The zero-order valence-electron chi connectivity index (χ0n) is 10.9. The minimum atomic E-state index is -0.192. The molecule has 1 aliphatic carbocycles. The highest BCUT2D eigenvalue weighted by molar-refractivity contribution is 9.10. The predicted octanol–water partition coefficient (Wildman–Crippen LogP) is 2.58. The van der Waals surface area contributed by atoms with E-state index in [1.165, 1.54) is 0 Å². The van der Waals surface area contributed by atoms with E-state index in [9.17, 15) is 9.90 Å². The molecule has 1 aromatic rings. The van der Waals surface area contributed by atoms with Crippen LogP contribution in [0.2, 0.25) is 0 Å². The van der Waals surface area contributed by atoms with E-state index >= 15 is 0 Å². The van der Waals surface area contributed by atoms with E-state index in [-0.39, 0.29) is 24.1 Å². The average molecular weight is 327 g/mol. The van der Waals surface area contributed by atoms with Crippen molar-refractivity contribution in [3.05, 3.63) is 34.3 Å². The molecule has 19 heavy (non-hydrogen) atoms. The molecular formula is C14H19BrN2O2. The monoisotopic (exact) mass is 326 g/mol. The summed E-state index contributed by atoms with van der Waals surface area (Å²) in [7, 11) is 0. The van der Waals surface area contributed by atoms with Crippen LogP contribution in [0, 0.1) is 5.41 Å². The molecule has 2 amide bonds. The molecule has 0 spiro atoms. The molecule has 0 heterocycles. The van der Waals surface area contributed by atoms with E-state index in [0.29, 0.717) is 6.54 Å². The van der Waals surface area contributed by atoms with Gasteiger partial charge in [0, 0.05) is 16.4 Å². The number of aliphatic hydroxyl groups is 1. The molecule has 0 saturated heterocycles. The van der Waals surface area contributed by atoms with E-state index in [0.717, 1.165) is 22.9 Å². The van der Waals surface area contributed by atoms with E-state index in [4.69, 9.17) is 0 Å². The summed E-state index contributed by atoms with van der Waals surface area (Å²) in [5.41, 5.74) is 0.981. The van der Waals surface area contributed by atoms with Gasteiger partial charge >= 0.3 is 6.03 Å². The predicted molar refractivity (Wildman–Crippen MR) is 77.8 cm³/mol. The normalized spacial score (nSPS) is 17.6. The standard InChI is InChI=1S/C14H19BrN2O2/c1-10(11-4-2-3-5-12(11)15)17-13(19)16-8-14(9-18)6-7-14/h2-5,10,18H,6-9H2,1H3,(H2,16,17,19). The van der Waals surface area contributed by atoms with Crippen LogP contribution in [0.3, 0.4) is 0 Å². The quantitative estimate of drug-likeness (QED) is 0.778. The number of amides is 2. The molecule has 3 N–H and O–H groups in total. The summed E-state index contributed by atoms with van der Waals surface area (Å²) >= 11 is 3.47. The minimum absolute atomic E-state index is 0.0616. The highest BCUT2D eigenvalue weighted by Gasteiger charge is 2.42. The molecule has 2 rings (SSSR count). The Labute approximate surface area is 121 Å². The van der Waals surface area contributed by atoms with Crippen LogP contribution >= 0.6 is 15.9 Å². The van der Waals surface area contributed by atoms with Crippen molar-refractivity contribution in [3.8, 4) is 0 Å². The van der Waals surface area contributed by atoms with Gasteiger partial charge in [-0.2, -0.15) is 0 Å². The fourth-order valence-electron chi connectivity index (χ4n) is 1.99. The van der Waals surface area contributed by atoms with Gasteiger partial charge in [-0.25, -0.2) is 4.79 Å². The molecule has 1 saturated carbocycles.